The predicted octanol–water partition coefficient (Wildman–Crippen LogP) is 4.89. The number of fused-ring (bicyclic) bond motifs is 1. The number of benzene rings is 2. The maximum Gasteiger partial charge on any atom is 0.227 e. The smallest absolute Gasteiger partial charge is 0.227 e. The van der Waals surface area contributed by atoms with Gasteiger partial charge in [-0.25, -0.2) is 8.78 Å². The van der Waals surface area contributed by atoms with Gasteiger partial charge in [0.1, 0.15) is 17.7 Å². The third kappa shape index (κ3) is 3.91. The number of piperidine rings is 1. The molecule has 1 aromatic heterocycles. The molecule has 152 valence electrons. The van der Waals surface area contributed by atoms with Gasteiger partial charge >= 0.3 is 0 Å². The number of hydrogen-bond acceptors (Lipinski definition) is 4. The molecule has 1 N–H and O–H groups in total. The summed E-state index contributed by atoms with van der Waals surface area (Å²) in [6, 6.07) is 10.3. The van der Waals surface area contributed by atoms with Crippen LogP contribution in [0.25, 0.3) is 10.9 Å². The maximum atomic E-state index is 13.8. The highest BCUT2D eigenvalue weighted by atomic mass is 35.5. The van der Waals surface area contributed by atoms with E-state index in [1.807, 2.05) is 4.90 Å². The summed E-state index contributed by atoms with van der Waals surface area (Å²) in [5, 5.41) is 13.0. The summed E-state index contributed by atoms with van der Waals surface area (Å²) in [4.78, 5) is 18.9. The average molecular weight is 427 g/mol. The fourth-order valence-corrected chi connectivity index (χ4v) is 3.98. The minimum Gasteiger partial charge on any atom is -0.370 e. The van der Waals surface area contributed by atoms with Crippen LogP contribution in [0.15, 0.2) is 42.6 Å². The van der Waals surface area contributed by atoms with Crippen LogP contribution in [0.3, 0.4) is 0 Å². The number of nitriles is 1. The summed E-state index contributed by atoms with van der Waals surface area (Å²) in [6.07, 6.45) is 2.59. The summed E-state index contributed by atoms with van der Waals surface area (Å²) < 4.78 is 27.0. The summed E-state index contributed by atoms with van der Waals surface area (Å²) in [7, 11) is 0. The highest BCUT2D eigenvalue weighted by Gasteiger charge is 2.27. The molecule has 3 aromatic rings. The Kier molecular flexibility index (Phi) is 5.51. The molecule has 1 aliphatic rings. The van der Waals surface area contributed by atoms with E-state index in [0.717, 1.165) is 6.07 Å². The van der Waals surface area contributed by atoms with Crippen molar-refractivity contribution in [2.45, 2.75) is 12.8 Å². The van der Waals surface area contributed by atoms with E-state index in [0.29, 0.717) is 53.8 Å². The van der Waals surface area contributed by atoms with Gasteiger partial charge < -0.3 is 10.2 Å². The number of nitrogens with one attached hydrogen (secondary N) is 1. The Bertz CT molecular complexity index is 1170. The topological polar surface area (TPSA) is 69.0 Å². The van der Waals surface area contributed by atoms with Crippen molar-refractivity contribution in [1.29, 1.82) is 5.26 Å². The van der Waals surface area contributed by atoms with Crippen LogP contribution < -0.4 is 10.2 Å². The first-order chi connectivity index (χ1) is 14.5. The molecule has 0 radical (unpaired) electrons. The van der Waals surface area contributed by atoms with Crippen LogP contribution in [0.4, 0.5) is 20.2 Å². The lowest BCUT2D eigenvalue weighted by atomic mass is 9.94. The Hall–Kier alpha value is -3.24. The molecular weight excluding hydrogens is 410 g/mol. The number of pyridine rings is 1. The van der Waals surface area contributed by atoms with Gasteiger partial charge in [0.15, 0.2) is 0 Å². The number of hydrogen-bond donors (Lipinski definition) is 1. The third-order valence-electron chi connectivity index (χ3n) is 5.29. The van der Waals surface area contributed by atoms with E-state index in [-0.39, 0.29) is 16.8 Å². The first-order valence-electron chi connectivity index (χ1n) is 9.45. The largest absolute Gasteiger partial charge is 0.370 e. The molecule has 0 bridgehead atoms. The van der Waals surface area contributed by atoms with Crippen molar-refractivity contribution in [2.24, 2.45) is 5.92 Å². The monoisotopic (exact) mass is 426 g/mol. The third-order valence-corrected chi connectivity index (χ3v) is 5.61. The van der Waals surface area contributed by atoms with Crippen molar-refractivity contribution in [3.8, 4) is 6.07 Å². The van der Waals surface area contributed by atoms with Crippen LogP contribution in [0, 0.1) is 28.9 Å². The van der Waals surface area contributed by atoms with Gasteiger partial charge in [0, 0.05) is 30.6 Å². The first kappa shape index (κ1) is 20.0. The summed E-state index contributed by atoms with van der Waals surface area (Å²) in [5.41, 5.74) is 1.99. The van der Waals surface area contributed by atoms with Crippen molar-refractivity contribution < 1.29 is 13.6 Å². The van der Waals surface area contributed by atoms with Crippen molar-refractivity contribution in [3.63, 3.8) is 0 Å². The Morgan fingerprint density at radius 2 is 1.87 bits per heavy atom. The van der Waals surface area contributed by atoms with E-state index in [1.165, 1.54) is 30.5 Å². The van der Waals surface area contributed by atoms with Crippen LogP contribution in [-0.2, 0) is 4.79 Å². The minimum atomic E-state index is -0.472. The highest BCUT2D eigenvalue weighted by molar-refractivity contribution is 6.33. The van der Waals surface area contributed by atoms with E-state index in [9.17, 15) is 18.8 Å². The molecule has 8 heteroatoms. The molecule has 1 amide bonds. The molecule has 0 aliphatic carbocycles. The Morgan fingerprint density at radius 1 is 1.17 bits per heavy atom. The first-order valence-corrected chi connectivity index (χ1v) is 9.83. The standard InChI is InChI=1S/C22H17ClF2N4O/c23-18-10-16(25)2-4-20(18)28-22(30)13-5-7-29(8-6-13)21-14(11-26)12-27-19-3-1-15(24)9-17(19)21/h1-4,9-10,12-13H,5-8H2,(H,28,30). The lowest BCUT2D eigenvalue weighted by Crippen LogP contribution is -2.38. The van der Waals surface area contributed by atoms with E-state index >= 15 is 0 Å². The zero-order valence-corrected chi connectivity index (χ0v) is 16.6. The number of aromatic nitrogens is 1. The lowest BCUT2D eigenvalue weighted by Gasteiger charge is -2.34. The van der Waals surface area contributed by atoms with Crippen molar-refractivity contribution in [3.05, 3.63) is 64.8 Å². The second-order valence-electron chi connectivity index (χ2n) is 7.17. The van der Waals surface area contributed by atoms with Crippen LogP contribution in [0.5, 0.6) is 0 Å². The zero-order valence-electron chi connectivity index (χ0n) is 15.8. The van der Waals surface area contributed by atoms with Gasteiger partial charge in [0.25, 0.3) is 0 Å². The Balaban J connectivity index is 1.52. The molecule has 0 saturated carbocycles. The number of rotatable bonds is 3. The molecule has 2 heterocycles. The van der Waals surface area contributed by atoms with Gasteiger partial charge in [-0.1, -0.05) is 11.6 Å². The van der Waals surface area contributed by atoms with E-state index in [1.54, 1.807) is 6.07 Å². The maximum absolute atomic E-state index is 13.8. The molecule has 0 unspecified atom stereocenters. The lowest BCUT2D eigenvalue weighted by molar-refractivity contribution is -0.120. The second kappa shape index (κ2) is 8.25. The van der Waals surface area contributed by atoms with E-state index in [4.69, 9.17) is 11.6 Å². The van der Waals surface area contributed by atoms with Crippen molar-refractivity contribution in [2.75, 3.05) is 23.3 Å². The molecule has 1 fully saturated rings. The number of amides is 1. The van der Waals surface area contributed by atoms with Gasteiger partial charge in [-0.15, -0.1) is 0 Å². The molecular formula is C22H17ClF2N4O. The number of anilines is 2. The number of carbonyl (C=O) groups excluding carboxylic acids is 1. The molecule has 5 nitrogen and oxygen atoms in total. The van der Waals surface area contributed by atoms with Crippen molar-refractivity contribution >= 4 is 39.8 Å². The molecule has 30 heavy (non-hydrogen) atoms. The SMILES string of the molecule is N#Cc1cnc2ccc(F)cc2c1N1CCC(C(=O)Nc2ccc(F)cc2Cl)CC1. The van der Waals surface area contributed by atoms with Gasteiger partial charge in [-0.2, -0.15) is 5.26 Å². The summed E-state index contributed by atoms with van der Waals surface area (Å²) in [5.74, 6) is -1.31. The summed E-state index contributed by atoms with van der Waals surface area (Å²) in [6.45, 7) is 1.05. The van der Waals surface area contributed by atoms with Crippen LogP contribution in [0.1, 0.15) is 18.4 Å². The fourth-order valence-electron chi connectivity index (χ4n) is 3.76. The number of halogens is 3. The van der Waals surface area contributed by atoms with Crippen molar-refractivity contribution in [1.82, 2.24) is 4.98 Å². The van der Waals surface area contributed by atoms with E-state index < -0.39 is 11.6 Å². The molecule has 1 saturated heterocycles. The predicted molar refractivity (Wildman–Crippen MR) is 111 cm³/mol. The van der Waals surface area contributed by atoms with Gasteiger partial charge in [-0.05, 0) is 49.2 Å². The molecule has 0 atom stereocenters. The number of nitrogens with zero attached hydrogens (tertiary/aromatic N) is 3. The Labute approximate surface area is 176 Å². The molecule has 2 aromatic carbocycles. The second-order valence-corrected chi connectivity index (χ2v) is 7.58. The van der Waals surface area contributed by atoms with Crippen LogP contribution in [0.2, 0.25) is 5.02 Å². The van der Waals surface area contributed by atoms with Crippen LogP contribution in [-0.4, -0.2) is 24.0 Å². The number of carbonyl (C=O) groups is 1. The average Bonchev–Trinajstić information content (AvgIpc) is 2.75. The highest BCUT2D eigenvalue weighted by Crippen LogP contribution is 2.33. The molecule has 4 rings (SSSR count). The quantitative estimate of drug-likeness (QED) is 0.647. The van der Waals surface area contributed by atoms with Crippen LogP contribution >= 0.6 is 11.6 Å². The normalized spacial score (nSPS) is 14.5. The fraction of sp³-hybridized carbons (Fsp3) is 0.227. The van der Waals surface area contributed by atoms with Gasteiger partial charge in [-0.3, -0.25) is 9.78 Å². The van der Waals surface area contributed by atoms with E-state index in [2.05, 4.69) is 16.4 Å². The zero-order chi connectivity index (χ0) is 21.3. The van der Waals surface area contributed by atoms with Gasteiger partial charge in [0.2, 0.25) is 5.91 Å². The summed E-state index contributed by atoms with van der Waals surface area (Å²) >= 11 is 5.99. The molecule has 0 spiro atoms. The van der Waals surface area contributed by atoms with Gasteiger partial charge in [0.05, 0.1) is 27.5 Å². The molecule has 1 aliphatic heterocycles. The Morgan fingerprint density at radius 3 is 2.57 bits per heavy atom. The minimum absolute atomic E-state index is 0.143.